The van der Waals surface area contributed by atoms with Gasteiger partial charge >= 0.3 is 0 Å². The summed E-state index contributed by atoms with van der Waals surface area (Å²) in [6, 6.07) is 4.35. The van der Waals surface area contributed by atoms with Crippen LogP contribution in [0.15, 0.2) is 12.1 Å². The second-order valence-corrected chi connectivity index (χ2v) is 5.21. The lowest BCUT2D eigenvalue weighted by Gasteiger charge is -2.27. The predicted molar refractivity (Wildman–Crippen MR) is 66.8 cm³/mol. The number of nitrogens with two attached hydrogens (primary N) is 1. The number of aryl methyl sites for hydroxylation is 1. The van der Waals surface area contributed by atoms with Gasteiger partial charge in [-0.25, -0.2) is 0 Å². The van der Waals surface area contributed by atoms with Gasteiger partial charge in [0.25, 0.3) is 0 Å². The molecule has 1 aliphatic carbocycles. The van der Waals surface area contributed by atoms with E-state index in [-0.39, 0.29) is 5.54 Å². The molecule has 0 atom stereocenters. The molecule has 2 N–H and O–H groups in total. The summed E-state index contributed by atoms with van der Waals surface area (Å²) in [5, 5.41) is 0. The van der Waals surface area contributed by atoms with E-state index < -0.39 is 0 Å². The summed E-state index contributed by atoms with van der Waals surface area (Å²) in [5.74, 6) is 1.02. The number of hydrogen-bond acceptors (Lipinski definition) is 2. The van der Waals surface area contributed by atoms with Crippen LogP contribution >= 0.6 is 0 Å². The van der Waals surface area contributed by atoms with E-state index in [0.29, 0.717) is 0 Å². The lowest BCUT2D eigenvalue weighted by Crippen LogP contribution is -2.30. The van der Waals surface area contributed by atoms with Crippen molar-refractivity contribution in [1.29, 1.82) is 0 Å². The number of methoxy groups -OCH3 is 1. The molecule has 2 nitrogen and oxygen atoms in total. The second kappa shape index (κ2) is 4.10. The van der Waals surface area contributed by atoms with Crippen molar-refractivity contribution in [2.45, 2.75) is 45.1 Å². The van der Waals surface area contributed by atoms with Gasteiger partial charge in [-0.3, -0.25) is 0 Å². The molecule has 1 aromatic rings. The van der Waals surface area contributed by atoms with E-state index in [9.17, 15) is 0 Å². The Balaban J connectivity index is 2.56. The largest absolute Gasteiger partial charge is 0.496 e. The zero-order valence-corrected chi connectivity index (χ0v) is 10.5. The minimum atomic E-state index is -0.335. The van der Waals surface area contributed by atoms with Gasteiger partial charge < -0.3 is 10.5 Å². The molecule has 2 heteroatoms. The third-order valence-electron chi connectivity index (χ3n) is 3.38. The van der Waals surface area contributed by atoms with Crippen molar-refractivity contribution >= 4 is 0 Å². The fourth-order valence-electron chi connectivity index (χ4n) is 2.53. The van der Waals surface area contributed by atoms with Crippen molar-refractivity contribution in [1.82, 2.24) is 0 Å². The maximum atomic E-state index is 6.19. The Bertz CT molecular complexity index is 390. The fourth-order valence-corrected chi connectivity index (χ4v) is 2.53. The first-order valence-corrected chi connectivity index (χ1v) is 6.02. The molecule has 0 saturated carbocycles. The highest BCUT2D eigenvalue weighted by molar-refractivity contribution is 5.50. The Morgan fingerprint density at radius 1 is 1.19 bits per heavy atom. The van der Waals surface area contributed by atoms with Crippen molar-refractivity contribution in [2.24, 2.45) is 5.73 Å². The molecule has 0 saturated heterocycles. The van der Waals surface area contributed by atoms with Crippen molar-refractivity contribution in [3.63, 3.8) is 0 Å². The van der Waals surface area contributed by atoms with Gasteiger partial charge in [-0.15, -0.1) is 0 Å². The molecule has 1 aromatic carbocycles. The predicted octanol–water partition coefficient (Wildman–Crippen LogP) is 2.77. The summed E-state index contributed by atoms with van der Waals surface area (Å²) in [6.45, 7) is 4.06. The summed E-state index contributed by atoms with van der Waals surface area (Å²) < 4.78 is 5.59. The molecular weight excluding hydrogens is 198 g/mol. The first-order chi connectivity index (χ1) is 7.54. The van der Waals surface area contributed by atoms with E-state index in [4.69, 9.17) is 10.5 Å². The quantitative estimate of drug-likeness (QED) is 0.830. The molecule has 2 rings (SSSR count). The molecule has 1 aliphatic rings. The van der Waals surface area contributed by atoms with Gasteiger partial charge in [-0.1, -0.05) is 12.1 Å². The number of rotatable bonds is 2. The molecule has 0 amide bonds. The van der Waals surface area contributed by atoms with Crippen molar-refractivity contribution in [2.75, 3.05) is 7.11 Å². The van der Waals surface area contributed by atoms with Gasteiger partial charge in [0, 0.05) is 11.1 Å². The van der Waals surface area contributed by atoms with Gasteiger partial charge in [0.05, 0.1) is 7.11 Å². The van der Waals surface area contributed by atoms with Crippen LogP contribution in [0, 0.1) is 0 Å². The molecule has 16 heavy (non-hydrogen) atoms. The molecule has 0 heterocycles. The standard InChI is InChI=1S/C14H21NO/c1-14(2,15)12-9-8-10-6-4-5-7-11(10)13(12)16-3/h8-9H,4-7,15H2,1-3H3. The normalized spacial score (nSPS) is 15.8. The average Bonchev–Trinajstić information content (AvgIpc) is 2.26. The van der Waals surface area contributed by atoms with E-state index >= 15 is 0 Å². The Kier molecular flexibility index (Phi) is 2.94. The molecule has 0 fully saturated rings. The molecular formula is C14H21NO. The maximum absolute atomic E-state index is 6.19. The van der Waals surface area contributed by atoms with Crippen LogP contribution in [0.1, 0.15) is 43.4 Å². The van der Waals surface area contributed by atoms with Crippen molar-refractivity contribution < 1.29 is 4.74 Å². The Labute approximate surface area is 97.8 Å². The smallest absolute Gasteiger partial charge is 0.127 e. The highest BCUT2D eigenvalue weighted by Crippen LogP contribution is 2.36. The SMILES string of the molecule is COc1c(C(C)(C)N)ccc2c1CCCC2. The van der Waals surface area contributed by atoms with Crippen LogP contribution in [0.2, 0.25) is 0 Å². The average molecular weight is 219 g/mol. The van der Waals surface area contributed by atoms with Crippen LogP contribution in [0.5, 0.6) is 5.75 Å². The number of hydrogen-bond donors (Lipinski definition) is 1. The summed E-state index contributed by atoms with van der Waals surface area (Å²) in [4.78, 5) is 0. The van der Waals surface area contributed by atoms with E-state index in [1.807, 2.05) is 13.8 Å². The van der Waals surface area contributed by atoms with Gasteiger partial charge in [-0.2, -0.15) is 0 Å². The third-order valence-corrected chi connectivity index (χ3v) is 3.38. The molecule has 0 aromatic heterocycles. The molecule has 0 aliphatic heterocycles. The third kappa shape index (κ3) is 1.94. The van der Waals surface area contributed by atoms with E-state index in [1.165, 1.54) is 30.4 Å². The lowest BCUT2D eigenvalue weighted by atomic mass is 9.85. The Hall–Kier alpha value is -1.02. The minimum Gasteiger partial charge on any atom is -0.496 e. The highest BCUT2D eigenvalue weighted by atomic mass is 16.5. The van der Waals surface area contributed by atoms with Crippen molar-refractivity contribution in [3.8, 4) is 5.75 Å². The highest BCUT2D eigenvalue weighted by Gasteiger charge is 2.24. The van der Waals surface area contributed by atoms with E-state index in [1.54, 1.807) is 7.11 Å². The van der Waals surface area contributed by atoms with Crippen LogP contribution in [0.3, 0.4) is 0 Å². The minimum absolute atomic E-state index is 0.335. The zero-order chi connectivity index (χ0) is 11.8. The lowest BCUT2D eigenvalue weighted by molar-refractivity contribution is 0.386. The molecule has 88 valence electrons. The van der Waals surface area contributed by atoms with Crippen LogP contribution in [-0.2, 0) is 18.4 Å². The monoisotopic (exact) mass is 219 g/mol. The van der Waals surface area contributed by atoms with Crippen LogP contribution in [0.25, 0.3) is 0 Å². The van der Waals surface area contributed by atoms with Crippen LogP contribution in [-0.4, -0.2) is 7.11 Å². The molecule has 0 bridgehead atoms. The molecule has 0 spiro atoms. The summed E-state index contributed by atoms with van der Waals surface area (Å²) in [7, 11) is 1.75. The number of fused-ring (bicyclic) bond motifs is 1. The van der Waals surface area contributed by atoms with E-state index in [0.717, 1.165) is 17.7 Å². The molecule has 0 radical (unpaired) electrons. The van der Waals surface area contributed by atoms with Gasteiger partial charge in [-0.05, 0) is 50.7 Å². The van der Waals surface area contributed by atoms with Gasteiger partial charge in [0.2, 0.25) is 0 Å². The maximum Gasteiger partial charge on any atom is 0.127 e. The van der Waals surface area contributed by atoms with Gasteiger partial charge in [0.1, 0.15) is 5.75 Å². The number of ether oxygens (including phenoxy) is 1. The first kappa shape index (κ1) is 11.5. The summed E-state index contributed by atoms with van der Waals surface area (Å²) in [6.07, 6.45) is 4.86. The van der Waals surface area contributed by atoms with Crippen molar-refractivity contribution in [3.05, 3.63) is 28.8 Å². The molecule has 0 unspecified atom stereocenters. The Morgan fingerprint density at radius 3 is 2.50 bits per heavy atom. The van der Waals surface area contributed by atoms with Crippen LogP contribution < -0.4 is 10.5 Å². The first-order valence-electron chi connectivity index (χ1n) is 6.02. The zero-order valence-electron chi connectivity index (χ0n) is 10.5. The fraction of sp³-hybridized carbons (Fsp3) is 0.571. The second-order valence-electron chi connectivity index (χ2n) is 5.21. The Morgan fingerprint density at radius 2 is 1.88 bits per heavy atom. The topological polar surface area (TPSA) is 35.2 Å². The van der Waals surface area contributed by atoms with E-state index in [2.05, 4.69) is 12.1 Å². The number of benzene rings is 1. The summed E-state index contributed by atoms with van der Waals surface area (Å²) >= 11 is 0. The summed E-state index contributed by atoms with van der Waals surface area (Å²) in [5.41, 5.74) is 9.79. The van der Waals surface area contributed by atoms with Gasteiger partial charge in [0.15, 0.2) is 0 Å². The van der Waals surface area contributed by atoms with Crippen LogP contribution in [0.4, 0.5) is 0 Å².